The molecule has 120 valence electrons. The molecule has 0 aromatic carbocycles. The van der Waals surface area contributed by atoms with Crippen LogP contribution < -0.4 is 10.6 Å². The number of amides is 2. The first-order valence-electron chi connectivity index (χ1n) is 8.15. The van der Waals surface area contributed by atoms with Gasteiger partial charge in [-0.2, -0.15) is 0 Å². The standard InChI is InChI=1S/C16H28N2O3/c1-15(2,12-7-8-12)18-14(21)17-11-16(13(19)20)9-5-3-4-6-10-16/h12H,3-11H2,1-2H3,(H,19,20)(H2,17,18,21). The Bertz CT molecular complexity index is 394. The highest BCUT2D eigenvalue weighted by molar-refractivity contribution is 5.78. The SMILES string of the molecule is CC(C)(NC(=O)NCC1(C(=O)O)CCCCCC1)C1CC1. The van der Waals surface area contributed by atoms with E-state index in [0.29, 0.717) is 18.8 Å². The average molecular weight is 296 g/mol. The molecular weight excluding hydrogens is 268 g/mol. The molecule has 0 radical (unpaired) electrons. The minimum Gasteiger partial charge on any atom is -0.481 e. The van der Waals surface area contributed by atoms with Gasteiger partial charge >= 0.3 is 12.0 Å². The van der Waals surface area contributed by atoms with E-state index >= 15 is 0 Å². The zero-order chi connectivity index (χ0) is 15.5. The molecule has 2 rings (SSSR count). The van der Waals surface area contributed by atoms with Gasteiger partial charge in [-0.05, 0) is 45.4 Å². The van der Waals surface area contributed by atoms with Crippen LogP contribution in [0.2, 0.25) is 0 Å². The van der Waals surface area contributed by atoms with Crippen LogP contribution >= 0.6 is 0 Å². The number of hydrogen-bond acceptors (Lipinski definition) is 2. The third-order valence-electron chi connectivity index (χ3n) is 5.14. The molecule has 2 aliphatic carbocycles. The van der Waals surface area contributed by atoms with Gasteiger partial charge in [-0.25, -0.2) is 4.79 Å². The number of carbonyl (C=O) groups is 2. The van der Waals surface area contributed by atoms with Gasteiger partial charge in [0.25, 0.3) is 0 Å². The maximum Gasteiger partial charge on any atom is 0.315 e. The highest BCUT2D eigenvalue weighted by atomic mass is 16.4. The molecule has 3 N–H and O–H groups in total. The Kier molecular flexibility index (Phi) is 4.79. The normalized spacial score (nSPS) is 22.2. The summed E-state index contributed by atoms with van der Waals surface area (Å²) in [5.41, 5.74) is -0.985. The summed E-state index contributed by atoms with van der Waals surface area (Å²) in [7, 11) is 0. The van der Waals surface area contributed by atoms with Crippen LogP contribution in [-0.4, -0.2) is 29.2 Å². The summed E-state index contributed by atoms with van der Waals surface area (Å²) >= 11 is 0. The zero-order valence-electron chi connectivity index (χ0n) is 13.2. The van der Waals surface area contributed by atoms with Gasteiger partial charge in [-0.1, -0.05) is 25.7 Å². The van der Waals surface area contributed by atoms with Crippen molar-refractivity contribution in [2.75, 3.05) is 6.54 Å². The Hall–Kier alpha value is -1.26. The second kappa shape index (κ2) is 6.24. The van der Waals surface area contributed by atoms with Crippen LogP contribution in [0.1, 0.15) is 65.2 Å². The fraction of sp³-hybridized carbons (Fsp3) is 0.875. The van der Waals surface area contributed by atoms with Gasteiger partial charge in [0.15, 0.2) is 0 Å². The van der Waals surface area contributed by atoms with Crippen LogP contribution in [0.15, 0.2) is 0 Å². The molecule has 5 heteroatoms. The molecule has 2 amide bonds. The largest absolute Gasteiger partial charge is 0.481 e. The van der Waals surface area contributed by atoms with E-state index < -0.39 is 11.4 Å². The van der Waals surface area contributed by atoms with Gasteiger partial charge < -0.3 is 15.7 Å². The van der Waals surface area contributed by atoms with E-state index in [1.54, 1.807) is 0 Å². The van der Waals surface area contributed by atoms with Crippen molar-refractivity contribution in [2.45, 2.75) is 70.8 Å². The fourth-order valence-electron chi connectivity index (χ4n) is 3.36. The molecule has 0 heterocycles. The van der Waals surface area contributed by atoms with Crippen LogP contribution in [0.4, 0.5) is 4.79 Å². The molecule has 2 aliphatic rings. The van der Waals surface area contributed by atoms with Gasteiger partial charge in [0.1, 0.15) is 0 Å². The number of nitrogens with one attached hydrogen (secondary N) is 2. The fourth-order valence-corrected chi connectivity index (χ4v) is 3.36. The number of carbonyl (C=O) groups excluding carboxylic acids is 1. The van der Waals surface area contributed by atoms with Crippen molar-refractivity contribution in [3.8, 4) is 0 Å². The molecular formula is C16H28N2O3. The van der Waals surface area contributed by atoms with E-state index in [1.807, 2.05) is 13.8 Å². The molecule has 0 atom stereocenters. The molecule has 2 fully saturated rings. The van der Waals surface area contributed by atoms with Crippen molar-refractivity contribution in [1.82, 2.24) is 10.6 Å². The molecule has 0 bridgehead atoms. The summed E-state index contributed by atoms with van der Waals surface area (Å²) in [4.78, 5) is 23.7. The van der Waals surface area contributed by atoms with E-state index in [0.717, 1.165) is 38.5 Å². The summed E-state index contributed by atoms with van der Waals surface area (Å²) in [6.45, 7) is 4.29. The second-order valence-corrected chi connectivity index (χ2v) is 7.30. The number of carboxylic acid groups (broad SMARTS) is 1. The molecule has 0 saturated heterocycles. The van der Waals surface area contributed by atoms with Crippen molar-refractivity contribution >= 4 is 12.0 Å². The number of urea groups is 1. The Morgan fingerprint density at radius 3 is 2.19 bits per heavy atom. The van der Waals surface area contributed by atoms with E-state index in [9.17, 15) is 14.7 Å². The monoisotopic (exact) mass is 296 g/mol. The van der Waals surface area contributed by atoms with Crippen molar-refractivity contribution in [2.24, 2.45) is 11.3 Å². The number of hydrogen-bond donors (Lipinski definition) is 3. The molecule has 5 nitrogen and oxygen atoms in total. The minimum atomic E-state index is -0.780. The van der Waals surface area contributed by atoms with Crippen LogP contribution in [0.25, 0.3) is 0 Å². The van der Waals surface area contributed by atoms with Gasteiger partial charge in [0, 0.05) is 12.1 Å². The maximum atomic E-state index is 12.1. The van der Waals surface area contributed by atoms with Crippen LogP contribution in [0.3, 0.4) is 0 Å². The molecule has 0 aromatic heterocycles. The van der Waals surface area contributed by atoms with Crippen LogP contribution in [-0.2, 0) is 4.79 Å². The Morgan fingerprint density at radius 2 is 1.71 bits per heavy atom. The third-order valence-corrected chi connectivity index (χ3v) is 5.14. The van der Waals surface area contributed by atoms with Gasteiger partial charge in [0.05, 0.1) is 5.41 Å². The Labute approximate surface area is 126 Å². The number of carboxylic acids is 1. The first-order valence-corrected chi connectivity index (χ1v) is 8.15. The Morgan fingerprint density at radius 1 is 1.14 bits per heavy atom. The zero-order valence-corrected chi connectivity index (χ0v) is 13.2. The van der Waals surface area contributed by atoms with Crippen LogP contribution in [0.5, 0.6) is 0 Å². The second-order valence-electron chi connectivity index (χ2n) is 7.30. The molecule has 0 unspecified atom stereocenters. The maximum absolute atomic E-state index is 12.1. The van der Waals surface area contributed by atoms with E-state index in [2.05, 4.69) is 10.6 Å². The van der Waals surface area contributed by atoms with Crippen molar-refractivity contribution < 1.29 is 14.7 Å². The van der Waals surface area contributed by atoms with Crippen molar-refractivity contribution in [3.63, 3.8) is 0 Å². The topological polar surface area (TPSA) is 78.4 Å². The molecule has 0 aromatic rings. The van der Waals surface area contributed by atoms with E-state index in [-0.39, 0.29) is 18.1 Å². The molecule has 0 aliphatic heterocycles. The lowest BCUT2D eigenvalue weighted by Crippen LogP contribution is -2.52. The lowest BCUT2D eigenvalue weighted by atomic mass is 9.80. The average Bonchev–Trinajstić information content (AvgIpc) is 3.23. The van der Waals surface area contributed by atoms with Gasteiger partial charge in [0.2, 0.25) is 0 Å². The van der Waals surface area contributed by atoms with E-state index in [4.69, 9.17) is 0 Å². The summed E-state index contributed by atoms with van der Waals surface area (Å²) < 4.78 is 0. The number of rotatable bonds is 5. The minimum absolute atomic E-state index is 0.204. The third kappa shape index (κ3) is 4.11. The van der Waals surface area contributed by atoms with Crippen molar-refractivity contribution in [3.05, 3.63) is 0 Å². The first-order chi connectivity index (χ1) is 9.86. The lowest BCUT2D eigenvalue weighted by molar-refractivity contribution is -0.149. The summed E-state index contributed by atoms with van der Waals surface area (Å²) in [6.07, 6.45) is 7.69. The van der Waals surface area contributed by atoms with Gasteiger partial charge in [-0.15, -0.1) is 0 Å². The van der Waals surface area contributed by atoms with E-state index in [1.165, 1.54) is 0 Å². The summed E-state index contributed by atoms with van der Waals surface area (Å²) in [5.74, 6) is -0.222. The quantitative estimate of drug-likeness (QED) is 0.683. The first kappa shape index (κ1) is 16.1. The molecule has 21 heavy (non-hydrogen) atoms. The number of aliphatic carboxylic acids is 1. The predicted molar refractivity (Wildman–Crippen MR) is 81.1 cm³/mol. The lowest BCUT2D eigenvalue weighted by Gasteiger charge is -2.30. The van der Waals surface area contributed by atoms with Gasteiger partial charge in [-0.3, -0.25) is 4.79 Å². The highest BCUT2D eigenvalue weighted by Crippen LogP contribution is 2.39. The summed E-state index contributed by atoms with van der Waals surface area (Å²) in [5, 5.41) is 15.4. The molecule has 0 spiro atoms. The summed E-state index contributed by atoms with van der Waals surface area (Å²) in [6, 6.07) is -0.239. The highest BCUT2D eigenvalue weighted by Gasteiger charge is 2.41. The Balaban J connectivity index is 1.89. The predicted octanol–water partition coefficient (Wildman–Crippen LogP) is 2.90. The molecule has 2 saturated carbocycles. The van der Waals surface area contributed by atoms with Crippen LogP contribution in [0, 0.1) is 11.3 Å². The smallest absolute Gasteiger partial charge is 0.315 e. The van der Waals surface area contributed by atoms with Crippen molar-refractivity contribution in [1.29, 1.82) is 0 Å².